The van der Waals surface area contributed by atoms with Crippen LogP contribution in [0.3, 0.4) is 0 Å². The highest BCUT2D eigenvalue weighted by atomic mass is 35.5. The van der Waals surface area contributed by atoms with Crippen molar-refractivity contribution in [2.24, 2.45) is 0 Å². The van der Waals surface area contributed by atoms with Gasteiger partial charge in [-0.15, -0.1) is 0 Å². The number of aliphatic carboxylic acids is 2. The topological polar surface area (TPSA) is 116 Å². The van der Waals surface area contributed by atoms with Gasteiger partial charge in [0.1, 0.15) is 6.04 Å². The fourth-order valence-corrected chi connectivity index (χ4v) is 2.83. The summed E-state index contributed by atoms with van der Waals surface area (Å²) in [5, 5.41) is 23.8. The lowest BCUT2D eigenvalue weighted by atomic mass is 10.1. The minimum absolute atomic E-state index is 0.158. The molecule has 7 nitrogen and oxygen atoms in total. The molecule has 0 unspecified atom stereocenters. The average molecular weight is 411 g/mol. The molecule has 0 aliphatic carbocycles. The second-order valence-corrected chi connectivity index (χ2v) is 6.43. The van der Waals surface area contributed by atoms with Crippen molar-refractivity contribution in [3.8, 4) is 0 Å². The molecule has 1 amide bonds. The number of hydrogen-bond acceptors (Lipinski definition) is 4. The number of nitrogens with one attached hydrogen (secondary N) is 2. The quantitative estimate of drug-likeness (QED) is 0.530. The van der Waals surface area contributed by atoms with E-state index < -0.39 is 30.3 Å². The van der Waals surface area contributed by atoms with Crippen LogP contribution in [0.2, 0.25) is 10.0 Å². The first-order valence-electron chi connectivity index (χ1n) is 7.81. The molecule has 4 N–H and O–H groups in total. The molecule has 2 aromatic rings. The molecule has 0 fully saturated rings. The fourth-order valence-electron chi connectivity index (χ4n) is 2.34. The number of carboxylic acids is 2. The number of benzene rings is 2. The van der Waals surface area contributed by atoms with Crippen molar-refractivity contribution in [2.75, 3.05) is 5.32 Å². The molecule has 0 heterocycles. The summed E-state index contributed by atoms with van der Waals surface area (Å²) in [4.78, 5) is 34.0. The van der Waals surface area contributed by atoms with Crippen LogP contribution in [0, 0.1) is 0 Å². The highest BCUT2D eigenvalue weighted by molar-refractivity contribution is 6.39. The van der Waals surface area contributed by atoms with Gasteiger partial charge in [0.2, 0.25) is 5.91 Å². The number of amides is 1. The molecular weight excluding hydrogens is 395 g/mol. The van der Waals surface area contributed by atoms with E-state index in [-0.39, 0.29) is 6.42 Å². The van der Waals surface area contributed by atoms with Gasteiger partial charge in [-0.05, 0) is 23.8 Å². The summed E-state index contributed by atoms with van der Waals surface area (Å²) in [6.45, 7) is 0. The number of carboxylic acid groups (broad SMARTS) is 2. The summed E-state index contributed by atoms with van der Waals surface area (Å²) in [7, 11) is 0. The van der Waals surface area contributed by atoms with Crippen LogP contribution in [0.25, 0.3) is 0 Å². The van der Waals surface area contributed by atoms with Gasteiger partial charge in [-0.3, -0.25) is 9.59 Å². The summed E-state index contributed by atoms with van der Waals surface area (Å²) in [5.74, 6) is -3.36. The van der Waals surface area contributed by atoms with E-state index >= 15 is 0 Å². The third-order valence-electron chi connectivity index (χ3n) is 3.60. The van der Waals surface area contributed by atoms with Crippen molar-refractivity contribution < 1.29 is 24.6 Å². The van der Waals surface area contributed by atoms with Gasteiger partial charge >= 0.3 is 11.9 Å². The van der Waals surface area contributed by atoms with Gasteiger partial charge in [0, 0.05) is 5.69 Å². The van der Waals surface area contributed by atoms with E-state index in [1.54, 1.807) is 42.5 Å². The minimum atomic E-state index is -1.51. The number of rotatable bonds is 8. The third-order valence-corrected chi connectivity index (χ3v) is 4.23. The number of anilines is 2. The Labute approximate surface area is 164 Å². The summed E-state index contributed by atoms with van der Waals surface area (Å²) in [6.07, 6.45) is -0.870. The predicted molar refractivity (Wildman–Crippen MR) is 102 cm³/mol. The molecule has 0 radical (unpaired) electrons. The summed E-state index contributed by atoms with van der Waals surface area (Å²) >= 11 is 12.3. The summed E-state index contributed by atoms with van der Waals surface area (Å²) < 4.78 is 0. The van der Waals surface area contributed by atoms with Crippen LogP contribution in [0.15, 0.2) is 42.5 Å². The number of hydrogen-bond donors (Lipinski definition) is 4. The largest absolute Gasteiger partial charge is 0.481 e. The molecule has 2 rings (SSSR count). The molecule has 0 saturated heterocycles. The Morgan fingerprint density at radius 3 is 2.19 bits per heavy atom. The molecule has 0 aromatic heterocycles. The maximum Gasteiger partial charge on any atom is 0.326 e. The highest BCUT2D eigenvalue weighted by Gasteiger charge is 2.23. The lowest BCUT2D eigenvalue weighted by Crippen LogP contribution is -2.42. The lowest BCUT2D eigenvalue weighted by molar-refractivity contribution is -0.147. The van der Waals surface area contributed by atoms with Crippen LogP contribution < -0.4 is 10.6 Å². The van der Waals surface area contributed by atoms with E-state index in [0.717, 1.165) is 0 Å². The third kappa shape index (κ3) is 5.87. The van der Waals surface area contributed by atoms with Gasteiger partial charge in [0.05, 0.1) is 28.6 Å². The van der Waals surface area contributed by atoms with E-state index in [0.29, 0.717) is 27.0 Å². The fraction of sp³-hybridized carbons (Fsp3) is 0.167. The van der Waals surface area contributed by atoms with Gasteiger partial charge in [-0.2, -0.15) is 0 Å². The molecule has 27 heavy (non-hydrogen) atoms. The van der Waals surface area contributed by atoms with Crippen LogP contribution in [-0.2, 0) is 20.8 Å². The maximum absolute atomic E-state index is 12.2. The monoisotopic (exact) mass is 410 g/mol. The van der Waals surface area contributed by atoms with Gasteiger partial charge in [0.25, 0.3) is 0 Å². The Bertz CT molecular complexity index is 852. The molecule has 0 aliphatic heterocycles. The zero-order valence-electron chi connectivity index (χ0n) is 13.9. The number of halogens is 2. The standard InChI is InChI=1S/C18H16Cl2N2O5/c19-11-5-3-6-12(20)17(11)22-13-7-2-1-4-10(13)8-15(23)21-14(18(26)27)9-16(24)25/h1-7,14,22H,8-9H2,(H,21,23)(H,24,25)(H,26,27)/t14-/m1/s1. The SMILES string of the molecule is O=C(O)C[C@@H](NC(=O)Cc1ccccc1Nc1c(Cl)cccc1Cl)C(=O)O. The van der Waals surface area contributed by atoms with Crippen molar-refractivity contribution in [3.05, 3.63) is 58.1 Å². The van der Waals surface area contributed by atoms with Crippen molar-refractivity contribution in [1.29, 1.82) is 0 Å². The first-order valence-corrected chi connectivity index (χ1v) is 8.56. The molecule has 0 spiro atoms. The molecule has 2 aromatic carbocycles. The van der Waals surface area contributed by atoms with Crippen LogP contribution in [-0.4, -0.2) is 34.1 Å². The number of carbonyl (C=O) groups is 3. The number of carbonyl (C=O) groups excluding carboxylic acids is 1. The summed E-state index contributed by atoms with van der Waals surface area (Å²) in [6, 6.07) is 10.4. The Kier molecular flexibility index (Phi) is 7.04. The zero-order valence-corrected chi connectivity index (χ0v) is 15.4. The van der Waals surface area contributed by atoms with E-state index in [4.69, 9.17) is 33.4 Å². The van der Waals surface area contributed by atoms with E-state index in [1.165, 1.54) is 0 Å². The molecule has 9 heteroatoms. The van der Waals surface area contributed by atoms with Gasteiger partial charge in [0.15, 0.2) is 0 Å². The smallest absolute Gasteiger partial charge is 0.326 e. The van der Waals surface area contributed by atoms with Crippen molar-refractivity contribution in [1.82, 2.24) is 5.32 Å². The second kappa shape index (κ2) is 9.25. The first kappa shape index (κ1) is 20.5. The Morgan fingerprint density at radius 2 is 1.59 bits per heavy atom. The van der Waals surface area contributed by atoms with Crippen molar-refractivity contribution >= 4 is 52.4 Å². The van der Waals surface area contributed by atoms with Crippen LogP contribution >= 0.6 is 23.2 Å². The molecule has 142 valence electrons. The summed E-state index contributed by atoms with van der Waals surface area (Å²) in [5.41, 5.74) is 1.60. The van der Waals surface area contributed by atoms with Crippen LogP contribution in [0.4, 0.5) is 11.4 Å². The van der Waals surface area contributed by atoms with E-state index in [9.17, 15) is 14.4 Å². The maximum atomic E-state index is 12.2. The highest BCUT2D eigenvalue weighted by Crippen LogP contribution is 2.33. The average Bonchev–Trinajstić information content (AvgIpc) is 2.58. The molecule has 0 aliphatic rings. The normalized spacial score (nSPS) is 11.5. The minimum Gasteiger partial charge on any atom is -0.481 e. The van der Waals surface area contributed by atoms with Crippen LogP contribution in [0.5, 0.6) is 0 Å². The van der Waals surface area contributed by atoms with Gasteiger partial charge in [-0.25, -0.2) is 4.79 Å². The zero-order chi connectivity index (χ0) is 20.0. The van der Waals surface area contributed by atoms with Gasteiger partial charge < -0.3 is 20.8 Å². The molecule has 0 saturated carbocycles. The predicted octanol–water partition coefficient (Wildman–Crippen LogP) is 3.32. The second-order valence-electron chi connectivity index (χ2n) is 5.61. The lowest BCUT2D eigenvalue weighted by Gasteiger charge is -2.16. The van der Waals surface area contributed by atoms with Gasteiger partial charge in [-0.1, -0.05) is 47.5 Å². The van der Waals surface area contributed by atoms with Crippen molar-refractivity contribution in [3.63, 3.8) is 0 Å². The Hall–Kier alpha value is -2.77. The first-order chi connectivity index (χ1) is 12.8. The molecule has 0 bridgehead atoms. The molecular formula is C18H16Cl2N2O5. The van der Waals surface area contributed by atoms with Crippen LogP contribution in [0.1, 0.15) is 12.0 Å². The molecule has 1 atom stereocenters. The van der Waals surface area contributed by atoms with E-state index in [1.807, 2.05) is 0 Å². The van der Waals surface area contributed by atoms with E-state index in [2.05, 4.69) is 10.6 Å². The Morgan fingerprint density at radius 1 is 0.963 bits per heavy atom. The van der Waals surface area contributed by atoms with Crippen molar-refractivity contribution in [2.45, 2.75) is 18.9 Å². The number of para-hydroxylation sites is 2. The Balaban J connectivity index is 2.17.